The Hall–Kier alpha value is -2.60. The number of hydrogen-bond donors (Lipinski definition) is 1. The molecule has 0 spiro atoms. The molecule has 1 N–H and O–H groups in total. The molecule has 29 heavy (non-hydrogen) atoms. The second-order valence-corrected chi connectivity index (χ2v) is 8.52. The third-order valence-corrected chi connectivity index (χ3v) is 6.42. The molecule has 3 aliphatic rings. The first kappa shape index (κ1) is 18.4. The zero-order chi connectivity index (χ0) is 19.8. The molecule has 6 nitrogen and oxygen atoms in total. The lowest BCUT2D eigenvalue weighted by Crippen LogP contribution is -2.48. The summed E-state index contributed by atoms with van der Waals surface area (Å²) in [6.45, 7) is 5.03. The minimum Gasteiger partial charge on any atom is -0.493 e. The smallest absolute Gasteiger partial charge is 0.250 e. The molecule has 3 aliphatic heterocycles. The molecule has 152 valence electrons. The number of piperidine rings is 1. The number of rotatable bonds is 5. The molecule has 2 atom stereocenters. The monoisotopic (exact) mass is 393 g/mol. The maximum absolute atomic E-state index is 12.4. The van der Waals surface area contributed by atoms with Crippen LogP contribution in [-0.4, -0.2) is 48.2 Å². The summed E-state index contributed by atoms with van der Waals surface area (Å²) in [7, 11) is 0. The Morgan fingerprint density at radius 1 is 1.17 bits per heavy atom. The van der Waals surface area contributed by atoms with Gasteiger partial charge in [0.2, 0.25) is 5.91 Å². The number of fused-ring (bicyclic) bond motifs is 5. The number of pyridine rings is 1. The molecule has 1 saturated heterocycles. The number of nitrogens with one attached hydrogen (secondary N) is 1. The minimum atomic E-state index is 0.0676. The second kappa shape index (κ2) is 7.67. The van der Waals surface area contributed by atoms with Crippen molar-refractivity contribution < 1.29 is 9.53 Å². The average molecular weight is 393 g/mol. The fraction of sp³-hybridized carbons (Fsp3) is 0.478. The van der Waals surface area contributed by atoms with E-state index in [1.54, 1.807) is 6.07 Å². The summed E-state index contributed by atoms with van der Waals surface area (Å²) in [5, 5.41) is 3.07. The van der Waals surface area contributed by atoms with E-state index in [0.29, 0.717) is 24.8 Å². The molecule has 1 aromatic heterocycles. The standard InChI is InChI=1S/C23H27N3O3/c27-22(12-16-4-5-21-18(10-16)6-9-29-21)24-7-8-25-13-17-11-19(15-25)20-2-1-3-23(28)26(20)14-17/h1-5,10,17,19H,6-9,11-15H2,(H,24,27). The van der Waals surface area contributed by atoms with Gasteiger partial charge in [-0.3, -0.25) is 9.59 Å². The molecule has 4 heterocycles. The minimum absolute atomic E-state index is 0.0676. The molecular formula is C23H27N3O3. The first-order valence-corrected chi connectivity index (χ1v) is 10.6. The van der Waals surface area contributed by atoms with Crippen LogP contribution in [0.25, 0.3) is 0 Å². The lowest BCUT2D eigenvalue weighted by Gasteiger charge is -2.42. The van der Waals surface area contributed by atoms with Crippen molar-refractivity contribution >= 4 is 5.91 Å². The SMILES string of the molecule is O=C(Cc1ccc2c(c1)CCO2)NCCN1CC2CC(C1)c1cccc(=O)n1C2. The Morgan fingerprint density at radius 2 is 2.10 bits per heavy atom. The van der Waals surface area contributed by atoms with Crippen molar-refractivity contribution in [3.8, 4) is 5.75 Å². The van der Waals surface area contributed by atoms with Gasteiger partial charge >= 0.3 is 0 Å². The number of amides is 1. The number of hydrogen-bond acceptors (Lipinski definition) is 4. The maximum Gasteiger partial charge on any atom is 0.250 e. The van der Waals surface area contributed by atoms with Crippen LogP contribution in [0.4, 0.5) is 0 Å². The summed E-state index contributed by atoms with van der Waals surface area (Å²) in [6.07, 6.45) is 2.50. The van der Waals surface area contributed by atoms with E-state index >= 15 is 0 Å². The molecule has 1 aromatic carbocycles. The van der Waals surface area contributed by atoms with Crippen molar-refractivity contribution in [2.75, 3.05) is 32.8 Å². The number of nitrogens with zero attached hydrogens (tertiary/aromatic N) is 2. The summed E-state index contributed by atoms with van der Waals surface area (Å²) in [5.74, 6) is 1.96. The largest absolute Gasteiger partial charge is 0.493 e. The van der Waals surface area contributed by atoms with Gasteiger partial charge in [0.1, 0.15) is 5.75 Å². The van der Waals surface area contributed by atoms with E-state index in [9.17, 15) is 9.59 Å². The van der Waals surface area contributed by atoms with Crippen LogP contribution in [0.3, 0.4) is 0 Å². The lowest BCUT2D eigenvalue weighted by molar-refractivity contribution is -0.120. The third-order valence-electron chi connectivity index (χ3n) is 6.42. The van der Waals surface area contributed by atoms with E-state index < -0.39 is 0 Å². The Morgan fingerprint density at radius 3 is 3.03 bits per heavy atom. The Kier molecular flexibility index (Phi) is 4.87. The zero-order valence-electron chi connectivity index (χ0n) is 16.6. The van der Waals surface area contributed by atoms with Crippen LogP contribution in [0.5, 0.6) is 5.75 Å². The van der Waals surface area contributed by atoms with Crippen molar-refractivity contribution in [1.29, 1.82) is 0 Å². The van der Waals surface area contributed by atoms with E-state index in [1.807, 2.05) is 22.8 Å². The van der Waals surface area contributed by atoms with Crippen LogP contribution >= 0.6 is 0 Å². The number of ether oxygens (including phenoxy) is 1. The van der Waals surface area contributed by atoms with Crippen molar-refractivity contribution in [1.82, 2.24) is 14.8 Å². The summed E-state index contributed by atoms with van der Waals surface area (Å²) in [4.78, 5) is 26.9. The number of benzene rings is 1. The van der Waals surface area contributed by atoms with E-state index in [4.69, 9.17) is 4.74 Å². The number of aromatic nitrogens is 1. The fourth-order valence-corrected chi connectivity index (χ4v) is 5.13. The molecule has 1 amide bonds. The van der Waals surface area contributed by atoms with E-state index in [-0.39, 0.29) is 11.5 Å². The van der Waals surface area contributed by atoms with E-state index in [2.05, 4.69) is 22.3 Å². The highest BCUT2D eigenvalue weighted by atomic mass is 16.5. The predicted molar refractivity (Wildman–Crippen MR) is 110 cm³/mol. The van der Waals surface area contributed by atoms with Crippen LogP contribution in [-0.2, 0) is 24.2 Å². The maximum atomic E-state index is 12.4. The molecule has 0 saturated carbocycles. The summed E-state index contributed by atoms with van der Waals surface area (Å²) < 4.78 is 7.48. The van der Waals surface area contributed by atoms with Gasteiger partial charge in [-0.1, -0.05) is 18.2 Å². The molecule has 2 unspecified atom stereocenters. The average Bonchev–Trinajstić information content (AvgIpc) is 3.17. The molecular weight excluding hydrogens is 366 g/mol. The number of carbonyl (C=O) groups is 1. The van der Waals surface area contributed by atoms with E-state index in [1.165, 1.54) is 11.3 Å². The van der Waals surface area contributed by atoms with Crippen LogP contribution in [0, 0.1) is 5.92 Å². The van der Waals surface area contributed by atoms with Gasteiger partial charge in [-0.25, -0.2) is 0 Å². The van der Waals surface area contributed by atoms with Crippen molar-refractivity contribution in [2.45, 2.75) is 31.7 Å². The van der Waals surface area contributed by atoms with Gasteiger partial charge < -0.3 is 19.5 Å². The highest BCUT2D eigenvalue weighted by Crippen LogP contribution is 2.34. The van der Waals surface area contributed by atoms with Gasteiger partial charge in [0.05, 0.1) is 13.0 Å². The van der Waals surface area contributed by atoms with Gasteiger partial charge in [-0.05, 0) is 35.6 Å². The molecule has 2 bridgehead atoms. The highest BCUT2D eigenvalue weighted by molar-refractivity contribution is 5.78. The van der Waals surface area contributed by atoms with Gasteiger partial charge in [-0.15, -0.1) is 0 Å². The number of carbonyl (C=O) groups excluding carboxylic acids is 1. The Bertz CT molecular complexity index is 984. The van der Waals surface area contributed by atoms with Crippen molar-refractivity contribution in [3.63, 3.8) is 0 Å². The lowest BCUT2D eigenvalue weighted by atomic mass is 9.83. The summed E-state index contributed by atoms with van der Waals surface area (Å²) >= 11 is 0. The van der Waals surface area contributed by atoms with Crippen LogP contribution < -0.4 is 15.6 Å². The zero-order valence-corrected chi connectivity index (χ0v) is 16.6. The van der Waals surface area contributed by atoms with E-state index in [0.717, 1.165) is 56.9 Å². The van der Waals surface area contributed by atoms with Crippen LogP contribution in [0.2, 0.25) is 0 Å². The van der Waals surface area contributed by atoms with Crippen molar-refractivity contribution in [3.05, 3.63) is 63.6 Å². The Balaban J connectivity index is 1.13. The highest BCUT2D eigenvalue weighted by Gasteiger charge is 2.34. The molecule has 2 aromatic rings. The van der Waals surface area contributed by atoms with Crippen LogP contribution in [0.1, 0.15) is 29.2 Å². The Labute approximate surface area is 170 Å². The van der Waals surface area contributed by atoms with Gasteiger partial charge in [0, 0.05) is 56.8 Å². The van der Waals surface area contributed by atoms with Gasteiger partial charge in [-0.2, -0.15) is 0 Å². The predicted octanol–water partition coefficient (Wildman–Crippen LogP) is 1.56. The normalized spacial score (nSPS) is 22.5. The fourth-order valence-electron chi connectivity index (χ4n) is 5.13. The summed E-state index contributed by atoms with van der Waals surface area (Å²) in [5.41, 5.74) is 3.54. The molecule has 0 radical (unpaired) electrons. The molecule has 1 fully saturated rings. The third kappa shape index (κ3) is 3.81. The topological polar surface area (TPSA) is 63.6 Å². The quantitative estimate of drug-likeness (QED) is 0.838. The van der Waals surface area contributed by atoms with Gasteiger partial charge in [0.15, 0.2) is 0 Å². The van der Waals surface area contributed by atoms with Crippen LogP contribution in [0.15, 0.2) is 41.2 Å². The van der Waals surface area contributed by atoms with Gasteiger partial charge in [0.25, 0.3) is 5.56 Å². The number of likely N-dealkylation sites (tertiary alicyclic amines) is 1. The second-order valence-electron chi connectivity index (χ2n) is 8.52. The molecule has 0 aliphatic carbocycles. The molecule has 6 heteroatoms. The molecule has 5 rings (SSSR count). The first-order valence-electron chi connectivity index (χ1n) is 10.6. The first-order chi connectivity index (χ1) is 14.2. The summed E-state index contributed by atoms with van der Waals surface area (Å²) in [6, 6.07) is 11.7. The van der Waals surface area contributed by atoms with Crippen molar-refractivity contribution in [2.24, 2.45) is 5.92 Å².